The third-order valence-corrected chi connectivity index (χ3v) is 4.74. The molecule has 0 aliphatic rings. The molecule has 0 saturated heterocycles. The molecule has 0 saturated carbocycles. The van der Waals surface area contributed by atoms with Gasteiger partial charge in [0.15, 0.2) is 5.13 Å². The summed E-state index contributed by atoms with van der Waals surface area (Å²) in [6.45, 7) is 1.78. The molecule has 1 aromatic carbocycles. The van der Waals surface area contributed by atoms with Gasteiger partial charge in [-0.3, -0.25) is 0 Å². The van der Waals surface area contributed by atoms with Gasteiger partial charge in [0.05, 0.1) is 18.5 Å². The van der Waals surface area contributed by atoms with Crippen molar-refractivity contribution in [1.29, 1.82) is 0 Å². The average Bonchev–Trinajstić information content (AvgIpc) is 2.74. The zero-order chi connectivity index (χ0) is 14.0. The van der Waals surface area contributed by atoms with E-state index >= 15 is 0 Å². The Bertz CT molecular complexity index is 608. The van der Waals surface area contributed by atoms with Gasteiger partial charge < -0.3 is 10.1 Å². The number of carbonyl (C=O) groups is 1. The van der Waals surface area contributed by atoms with Gasteiger partial charge >= 0.3 is 5.97 Å². The lowest BCUT2D eigenvalue weighted by molar-refractivity contribution is 0.0605. The predicted octanol–water partition coefficient (Wildman–Crippen LogP) is 4.51. The summed E-state index contributed by atoms with van der Waals surface area (Å²) in [6, 6.07) is 5.77. The van der Waals surface area contributed by atoms with Crippen LogP contribution in [0.2, 0.25) is 0 Å². The average molecular weight is 406 g/mol. The van der Waals surface area contributed by atoms with E-state index in [2.05, 4.69) is 42.2 Å². The fraction of sp³-hybridized carbons (Fsp3) is 0.167. The maximum Gasteiger partial charge on any atom is 0.350 e. The van der Waals surface area contributed by atoms with Crippen molar-refractivity contribution in [2.45, 2.75) is 6.92 Å². The monoisotopic (exact) mass is 404 g/mol. The number of ether oxygens (including phenoxy) is 1. The highest BCUT2D eigenvalue weighted by atomic mass is 79.9. The molecule has 2 aromatic rings. The Morgan fingerprint density at radius 3 is 2.58 bits per heavy atom. The van der Waals surface area contributed by atoms with E-state index in [-0.39, 0.29) is 5.97 Å². The smallest absolute Gasteiger partial charge is 0.350 e. The van der Waals surface area contributed by atoms with E-state index in [4.69, 9.17) is 4.74 Å². The van der Waals surface area contributed by atoms with Crippen LogP contribution in [0.3, 0.4) is 0 Å². The molecular weight excluding hydrogens is 396 g/mol. The second-order valence-corrected chi connectivity index (χ2v) is 6.35. The molecule has 0 aliphatic heterocycles. The van der Waals surface area contributed by atoms with Crippen LogP contribution in [0.15, 0.2) is 27.1 Å². The van der Waals surface area contributed by atoms with Gasteiger partial charge in [-0.2, -0.15) is 0 Å². The molecule has 0 radical (unpaired) electrons. The van der Waals surface area contributed by atoms with Gasteiger partial charge in [-0.15, -0.1) is 0 Å². The molecule has 1 N–H and O–H groups in total. The van der Waals surface area contributed by atoms with Crippen LogP contribution in [0.5, 0.6) is 0 Å². The standard InChI is InChI=1S/C12H10Br2N2O2S/c1-6-10(11(17)18-2)19-12(15-6)16-9-7(13)4-3-5-8(9)14/h3-5H,1-2H3,(H,15,16). The Morgan fingerprint density at radius 2 is 2.00 bits per heavy atom. The highest BCUT2D eigenvalue weighted by molar-refractivity contribution is 9.11. The quantitative estimate of drug-likeness (QED) is 0.763. The van der Waals surface area contributed by atoms with Crippen LogP contribution in [-0.2, 0) is 4.74 Å². The Kier molecular flexibility index (Phi) is 4.59. The van der Waals surface area contributed by atoms with Crippen molar-refractivity contribution in [2.75, 3.05) is 12.4 Å². The van der Waals surface area contributed by atoms with Crippen LogP contribution >= 0.6 is 43.2 Å². The predicted molar refractivity (Wildman–Crippen MR) is 83.3 cm³/mol. The van der Waals surface area contributed by atoms with E-state index in [0.717, 1.165) is 14.6 Å². The Morgan fingerprint density at radius 1 is 1.37 bits per heavy atom. The summed E-state index contributed by atoms with van der Waals surface area (Å²) in [5, 5.41) is 3.83. The van der Waals surface area contributed by atoms with Crippen LogP contribution in [0.1, 0.15) is 15.4 Å². The molecule has 100 valence electrons. The summed E-state index contributed by atoms with van der Waals surface area (Å²) >= 11 is 8.20. The van der Waals surface area contributed by atoms with Gasteiger partial charge in [-0.1, -0.05) is 17.4 Å². The van der Waals surface area contributed by atoms with Crippen LogP contribution in [0.25, 0.3) is 0 Å². The maximum atomic E-state index is 11.5. The number of hydrogen-bond donors (Lipinski definition) is 1. The van der Waals surface area contributed by atoms with Crippen molar-refractivity contribution in [3.8, 4) is 0 Å². The first-order valence-corrected chi connectivity index (χ1v) is 7.70. The van der Waals surface area contributed by atoms with E-state index in [1.165, 1.54) is 18.4 Å². The topological polar surface area (TPSA) is 51.2 Å². The van der Waals surface area contributed by atoms with E-state index in [0.29, 0.717) is 15.7 Å². The molecule has 7 heteroatoms. The highest BCUT2D eigenvalue weighted by Gasteiger charge is 2.16. The van der Waals surface area contributed by atoms with E-state index in [1.54, 1.807) is 6.92 Å². The minimum atomic E-state index is -0.366. The number of hydrogen-bond acceptors (Lipinski definition) is 5. The third kappa shape index (κ3) is 3.16. The number of rotatable bonds is 3. The van der Waals surface area contributed by atoms with Gasteiger partial charge in [0.25, 0.3) is 0 Å². The minimum absolute atomic E-state index is 0.366. The SMILES string of the molecule is COC(=O)c1sc(Nc2c(Br)cccc2Br)nc1C. The maximum absolute atomic E-state index is 11.5. The third-order valence-electron chi connectivity index (χ3n) is 2.36. The summed E-state index contributed by atoms with van der Waals surface area (Å²) in [7, 11) is 1.36. The zero-order valence-corrected chi connectivity index (χ0v) is 14.1. The Balaban J connectivity index is 2.32. The summed E-state index contributed by atoms with van der Waals surface area (Å²) in [6.07, 6.45) is 0. The van der Waals surface area contributed by atoms with Crippen molar-refractivity contribution in [3.63, 3.8) is 0 Å². The summed E-state index contributed by atoms with van der Waals surface area (Å²) in [5.41, 5.74) is 1.52. The van der Waals surface area contributed by atoms with Crippen LogP contribution in [-0.4, -0.2) is 18.1 Å². The Labute approximate surface area is 131 Å². The van der Waals surface area contributed by atoms with Crippen LogP contribution in [0.4, 0.5) is 10.8 Å². The number of aromatic nitrogens is 1. The number of aryl methyl sites for hydroxylation is 1. The zero-order valence-electron chi connectivity index (χ0n) is 10.2. The van der Waals surface area contributed by atoms with Crippen molar-refractivity contribution in [1.82, 2.24) is 4.98 Å². The molecule has 1 heterocycles. The van der Waals surface area contributed by atoms with Gasteiger partial charge in [0, 0.05) is 8.95 Å². The number of nitrogens with one attached hydrogen (secondary N) is 1. The normalized spacial score (nSPS) is 10.3. The largest absolute Gasteiger partial charge is 0.465 e. The molecule has 0 spiro atoms. The molecule has 1 aromatic heterocycles. The molecule has 19 heavy (non-hydrogen) atoms. The lowest BCUT2D eigenvalue weighted by Crippen LogP contribution is -1.99. The van der Waals surface area contributed by atoms with Crippen molar-refractivity contribution >= 4 is 60.0 Å². The molecular formula is C12H10Br2N2O2S. The molecule has 0 amide bonds. The van der Waals surface area contributed by atoms with Gasteiger partial charge in [0.1, 0.15) is 4.88 Å². The summed E-state index contributed by atoms with van der Waals surface area (Å²) in [5.74, 6) is -0.366. The van der Waals surface area contributed by atoms with Gasteiger partial charge in [-0.25, -0.2) is 9.78 Å². The minimum Gasteiger partial charge on any atom is -0.465 e. The number of para-hydroxylation sites is 1. The first-order valence-electron chi connectivity index (χ1n) is 5.29. The number of carbonyl (C=O) groups excluding carboxylic acids is 1. The lowest BCUT2D eigenvalue weighted by atomic mass is 10.3. The molecule has 2 rings (SSSR count). The van der Waals surface area contributed by atoms with Gasteiger partial charge in [-0.05, 0) is 50.9 Å². The lowest BCUT2D eigenvalue weighted by Gasteiger charge is -2.07. The number of thiazole rings is 1. The van der Waals surface area contributed by atoms with E-state index in [1.807, 2.05) is 18.2 Å². The second kappa shape index (κ2) is 6.02. The van der Waals surface area contributed by atoms with Crippen LogP contribution < -0.4 is 5.32 Å². The van der Waals surface area contributed by atoms with Crippen LogP contribution in [0, 0.1) is 6.92 Å². The fourth-order valence-corrected chi connectivity index (χ4v) is 3.54. The molecule has 0 atom stereocenters. The number of halogens is 2. The summed E-state index contributed by atoms with van der Waals surface area (Å²) < 4.78 is 6.54. The first kappa shape index (κ1) is 14.5. The van der Waals surface area contributed by atoms with E-state index in [9.17, 15) is 4.79 Å². The number of nitrogens with zero attached hydrogens (tertiary/aromatic N) is 1. The van der Waals surface area contributed by atoms with E-state index < -0.39 is 0 Å². The molecule has 0 bridgehead atoms. The highest BCUT2D eigenvalue weighted by Crippen LogP contribution is 2.35. The van der Waals surface area contributed by atoms with Gasteiger partial charge in [0.2, 0.25) is 0 Å². The van der Waals surface area contributed by atoms with Crippen molar-refractivity contribution < 1.29 is 9.53 Å². The molecule has 0 aliphatic carbocycles. The number of esters is 1. The van der Waals surface area contributed by atoms with Crippen molar-refractivity contribution in [2.24, 2.45) is 0 Å². The molecule has 4 nitrogen and oxygen atoms in total. The second-order valence-electron chi connectivity index (χ2n) is 3.65. The molecule has 0 unspecified atom stereocenters. The number of methoxy groups -OCH3 is 1. The Hall–Kier alpha value is -0.920. The fourth-order valence-electron chi connectivity index (χ4n) is 1.46. The summed E-state index contributed by atoms with van der Waals surface area (Å²) in [4.78, 5) is 16.4. The number of anilines is 2. The first-order chi connectivity index (χ1) is 9.02. The van der Waals surface area contributed by atoms with Crippen molar-refractivity contribution in [3.05, 3.63) is 37.7 Å². The number of benzene rings is 1. The molecule has 0 fully saturated rings.